The molecule has 1 rings (SSSR count). The molecule has 0 amide bonds. The average molecular weight is 244 g/mol. The predicted molar refractivity (Wildman–Crippen MR) is 59.0 cm³/mol. The number of Topliss-reactive ketones (excluding diaryl/α,β-unsaturated/α-hetero) is 1. The lowest BCUT2D eigenvalue weighted by molar-refractivity contribution is -0.120. The van der Waals surface area contributed by atoms with Crippen LogP contribution in [0.15, 0.2) is 0 Å². The molecule has 1 atom stereocenters. The Morgan fingerprint density at radius 1 is 1.44 bits per heavy atom. The van der Waals surface area contributed by atoms with Gasteiger partial charge in [-0.1, -0.05) is 0 Å². The summed E-state index contributed by atoms with van der Waals surface area (Å²) >= 11 is 0. The maximum absolute atomic E-state index is 11.9. The van der Waals surface area contributed by atoms with Crippen molar-refractivity contribution < 1.29 is 13.2 Å². The molecule has 0 N–H and O–H groups in total. The van der Waals surface area contributed by atoms with Crippen LogP contribution < -0.4 is 0 Å². The Bertz CT molecular complexity index is 400. The van der Waals surface area contributed by atoms with Gasteiger partial charge in [0.25, 0.3) is 0 Å². The van der Waals surface area contributed by atoms with Crippen LogP contribution in [0.2, 0.25) is 0 Å². The molecule has 0 heterocycles. The second kappa shape index (κ2) is 4.93. The summed E-state index contributed by atoms with van der Waals surface area (Å²) in [4.78, 5) is 11.1. The van der Waals surface area contributed by atoms with Crippen LogP contribution in [0.4, 0.5) is 0 Å². The molecule has 1 fully saturated rings. The molecular weight excluding hydrogens is 228 g/mol. The van der Waals surface area contributed by atoms with Gasteiger partial charge in [0.15, 0.2) is 5.25 Å². The summed E-state index contributed by atoms with van der Waals surface area (Å²) in [6, 6.07) is 1.60. The van der Waals surface area contributed by atoms with Crippen LogP contribution in [0.5, 0.6) is 0 Å². The minimum absolute atomic E-state index is 0.140. The van der Waals surface area contributed by atoms with Crippen molar-refractivity contribution in [3.8, 4) is 6.07 Å². The molecule has 1 aliphatic rings. The molecule has 16 heavy (non-hydrogen) atoms. The Morgan fingerprint density at radius 3 is 2.38 bits per heavy atom. The van der Waals surface area contributed by atoms with Gasteiger partial charge >= 0.3 is 0 Å². The van der Waals surface area contributed by atoms with E-state index in [4.69, 9.17) is 5.26 Å². The van der Waals surface area contributed by atoms with Gasteiger partial charge in [0.2, 0.25) is 10.0 Å². The minimum atomic E-state index is -3.55. The first-order chi connectivity index (χ1) is 7.39. The zero-order valence-electron chi connectivity index (χ0n) is 9.51. The summed E-state index contributed by atoms with van der Waals surface area (Å²) in [5.74, 6) is 0.190. The van der Waals surface area contributed by atoms with Crippen molar-refractivity contribution in [1.29, 1.82) is 5.26 Å². The molecule has 0 radical (unpaired) electrons. The van der Waals surface area contributed by atoms with Gasteiger partial charge in [0.1, 0.15) is 5.78 Å². The third kappa shape index (κ3) is 2.60. The quantitative estimate of drug-likeness (QED) is 0.731. The van der Waals surface area contributed by atoms with Crippen molar-refractivity contribution in [2.45, 2.75) is 43.9 Å². The fourth-order valence-electron chi connectivity index (χ4n) is 1.81. The Labute approximate surface area is 96.1 Å². The molecule has 0 aliphatic heterocycles. The Morgan fingerprint density at radius 2 is 1.94 bits per heavy atom. The number of rotatable bonds is 3. The molecule has 90 valence electrons. The summed E-state index contributed by atoms with van der Waals surface area (Å²) in [6.07, 6.45) is 2.00. The second-order valence-corrected chi connectivity index (χ2v) is 6.42. The van der Waals surface area contributed by atoms with Gasteiger partial charge in [-0.25, -0.2) is 12.7 Å². The van der Waals surface area contributed by atoms with E-state index in [2.05, 4.69) is 0 Å². The standard InChI is InChI=1S/C10H16N2O3S/c1-8(7-11)16(14,15)12(2)9-3-5-10(13)6-4-9/h8-9H,3-6H2,1-2H3. The van der Waals surface area contributed by atoms with Crippen LogP contribution >= 0.6 is 0 Å². The van der Waals surface area contributed by atoms with Crippen LogP contribution in [0.25, 0.3) is 0 Å². The van der Waals surface area contributed by atoms with Crippen molar-refractivity contribution in [1.82, 2.24) is 4.31 Å². The van der Waals surface area contributed by atoms with Crippen LogP contribution in [-0.4, -0.2) is 36.8 Å². The van der Waals surface area contributed by atoms with Crippen LogP contribution in [0.3, 0.4) is 0 Å². The number of carbonyl (C=O) groups excluding carboxylic acids is 1. The molecule has 0 spiro atoms. The third-order valence-corrected chi connectivity index (χ3v) is 5.16. The minimum Gasteiger partial charge on any atom is -0.300 e. The molecule has 5 nitrogen and oxygen atoms in total. The Kier molecular flexibility index (Phi) is 4.05. The summed E-state index contributed by atoms with van der Waals surface area (Å²) in [7, 11) is -2.06. The zero-order valence-corrected chi connectivity index (χ0v) is 10.3. The predicted octanol–water partition coefficient (Wildman–Crippen LogP) is 0.672. The average Bonchev–Trinajstić information content (AvgIpc) is 2.28. The van der Waals surface area contributed by atoms with Crippen molar-refractivity contribution in [3.05, 3.63) is 0 Å². The van der Waals surface area contributed by atoms with Gasteiger partial charge in [-0.15, -0.1) is 0 Å². The van der Waals surface area contributed by atoms with Gasteiger partial charge in [-0.2, -0.15) is 5.26 Å². The van der Waals surface area contributed by atoms with Gasteiger partial charge in [-0.05, 0) is 19.8 Å². The van der Waals surface area contributed by atoms with Crippen LogP contribution in [0.1, 0.15) is 32.6 Å². The topological polar surface area (TPSA) is 78.2 Å². The first kappa shape index (κ1) is 13.1. The molecule has 0 aromatic carbocycles. The summed E-state index contributed by atoms with van der Waals surface area (Å²) in [5.41, 5.74) is 0. The van der Waals surface area contributed by atoms with Gasteiger partial charge in [0, 0.05) is 25.9 Å². The number of nitrogens with zero attached hydrogens (tertiary/aromatic N) is 2. The largest absolute Gasteiger partial charge is 0.300 e. The molecule has 6 heteroatoms. The number of ketones is 1. The van der Waals surface area contributed by atoms with Gasteiger partial charge in [-0.3, -0.25) is 4.79 Å². The van der Waals surface area contributed by atoms with Crippen LogP contribution in [-0.2, 0) is 14.8 Å². The van der Waals surface area contributed by atoms with Crippen molar-refractivity contribution in [2.75, 3.05) is 7.05 Å². The van der Waals surface area contributed by atoms with E-state index in [1.54, 1.807) is 6.07 Å². The van der Waals surface area contributed by atoms with Gasteiger partial charge in [0.05, 0.1) is 6.07 Å². The lowest BCUT2D eigenvalue weighted by atomic mass is 9.95. The zero-order chi connectivity index (χ0) is 12.3. The molecular formula is C10H16N2O3S. The van der Waals surface area contributed by atoms with E-state index in [9.17, 15) is 13.2 Å². The molecule has 0 saturated heterocycles. The summed E-state index contributed by atoms with van der Waals surface area (Å²) in [6.45, 7) is 1.37. The number of nitriles is 1. The van der Waals surface area contributed by atoms with Crippen molar-refractivity contribution in [3.63, 3.8) is 0 Å². The highest BCUT2D eigenvalue weighted by Gasteiger charge is 2.33. The monoisotopic (exact) mass is 244 g/mol. The first-order valence-corrected chi connectivity index (χ1v) is 6.78. The SMILES string of the molecule is CC(C#N)S(=O)(=O)N(C)C1CCC(=O)CC1. The fraction of sp³-hybridized carbons (Fsp3) is 0.800. The van der Waals surface area contributed by atoms with Crippen LogP contribution in [0, 0.1) is 11.3 Å². The lowest BCUT2D eigenvalue weighted by Crippen LogP contribution is -2.43. The van der Waals surface area contributed by atoms with E-state index in [1.807, 2.05) is 0 Å². The number of sulfonamides is 1. The second-order valence-electron chi connectivity index (χ2n) is 4.10. The normalized spacial score (nSPS) is 20.8. The summed E-state index contributed by atoms with van der Waals surface area (Å²) < 4.78 is 25.0. The van der Waals surface area contributed by atoms with E-state index < -0.39 is 15.3 Å². The Hall–Kier alpha value is -0.930. The molecule has 0 aromatic rings. The first-order valence-electron chi connectivity index (χ1n) is 5.27. The maximum atomic E-state index is 11.9. The third-order valence-electron chi connectivity index (χ3n) is 3.06. The number of hydrogen-bond donors (Lipinski definition) is 0. The van der Waals surface area contributed by atoms with E-state index in [1.165, 1.54) is 18.3 Å². The van der Waals surface area contributed by atoms with E-state index >= 15 is 0 Å². The molecule has 0 aromatic heterocycles. The molecule has 1 unspecified atom stereocenters. The fourth-order valence-corrected chi connectivity index (χ4v) is 3.07. The Balaban J connectivity index is 2.75. The van der Waals surface area contributed by atoms with E-state index in [0.29, 0.717) is 25.7 Å². The maximum Gasteiger partial charge on any atom is 0.230 e. The molecule has 1 saturated carbocycles. The molecule has 1 aliphatic carbocycles. The van der Waals surface area contributed by atoms with Crippen molar-refractivity contribution >= 4 is 15.8 Å². The van der Waals surface area contributed by atoms with E-state index in [-0.39, 0.29) is 11.8 Å². The van der Waals surface area contributed by atoms with E-state index in [0.717, 1.165) is 0 Å². The summed E-state index contributed by atoms with van der Waals surface area (Å²) in [5, 5.41) is 7.62. The highest BCUT2D eigenvalue weighted by molar-refractivity contribution is 7.89. The lowest BCUT2D eigenvalue weighted by Gasteiger charge is -2.30. The highest BCUT2D eigenvalue weighted by Crippen LogP contribution is 2.23. The molecule has 0 bridgehead atoms. The number of hydrogen-bond acceptors (Lipinski definition) is 4. The number of carbonyl (C=O) groups is 1. The smallest absolute Gasteiger partial charge is 0.230 e. The highest BCUT2D eigenvalue weighted by atomic mass is 32.2. The van der Waals surface area contributed by atoms with Crippen molar-refractivity contribution in [2.24, 2.45) is 0 Å². The van der Waals surface area contributed by atoms with Gasteiger partial charge < -0.3 is 0 Å².